The standard InChI is InChI=1S/C28H53F4N5/c1-26(2,3)33-23-14-20(29)13-19(25(23)35(6)7)15-27(4,5)34-22-11-9-10-12-24(22)37(18-28(30,31)32)21-16-36(8)17-21/h19-25,33-34H,9-18H2,1-8H3/t19?,20?,22-,23-,24-,25-/m0/s1. The Balaban J connectivity index is 1.75. The summed E-state index contributed by atoms with van der Waals surface area (Å²) in [6, 6.07) is 0.0772. The first-order valence-electron chi connectivity index (χ1n) is 14.3. The number of halogens is 4. The van der Waals surface area contributed by atoms with Crippen molar-refractivity contribution in [2.75, 3.05) is 40.8 Å². The highest BCUT2D eigenvalue weighted by Gasteiger charge is 2.46. The molecule has 0 spiro atoms. The SMILES string of the molecule is CN1CC(N(CC(F)(F)F)[C@H]2CCCC[C@@H]2NC(C)(C)CC2CC(F)C[C@H](NC(C)(C)C)[C@H]2N(C)C)C1. The first-order valence-corrected chi connectivity index (χ1v) is 14.3. The molecule has 0 radical (unpaired) electrons. The molecule has 0 bridgehead atoms. The van der Waals surface area contributed by atoms with Gasteiger partial charge < -0.3 is 20.4 Å². The van der Waals surface area contributed by atoms with Gasteiger partial charge >= 0.3 is 6.18 Å². The van der Waals surface area contributed by atoms with Crippen LogP contribution < -0.4 is 10.6 Å². The third-order valence-corrected chi connectivity index (χ3v) is 8.56. The summed E-state index contributed by atoms with van der Waals surface area (Å²) in [4.78, 5) is 6.07. The van der Waals surface area contributed by atoms with Gasteiger partial charge in [0.25, 0.3) is 0 Å². The Bertz CT molecular complexity index is 716. The Labute approximate surface area is 223 Å². The van der Waals surface area contributed by atoms with E-state index in [1.165, 1.54) is 0 Å². The Kier molecular flexibility index (Phi) is 10.0. The number of likely N-dealkylation sites (N-methyl/N-ethyl adjacent to an activating group) is 2. The van der Waals surface area contributed by atoms with E-state index in [0.717, 1.165) is 32.1 Å². The zero-order chi connectivity index (χ0) is 27.8. The maximum absolute atomic E-state index is 15.0. The lowest BCUT2D eigenvalue weighted by Crippen LogP contribution is -2.67. The molecule has 3 aliphatic rings. The molecule has 0 aromatic heterocycles. The average molecular weight is 536 g/mol. The van der Waals surface area contributed by atoms with Gasteiger partial charge in [0.2, 0.25) is 0 Å². The number of nitrogens with zero attached hydrogens (tertiary/aromatic N) is 3. The molecule has 2 saturated carbocycles. The summed E-state index contributed by atoms with van der Waals surface area (Å²) < 4.78 is 55.9. The minimum absolute atomic E-state index is 0.00285. The van der Waals surface area contributed by atoms with E-state index in [1.54, 1.807) is 4.90 Å². The number of hydrogen-bond acceptors (Lipinski definition) is 5. The maximum Gasteiger partial charge on any atom is 0.401 e. The molecule has 3 fully saturated rings. The smallest absolute Gasteiger partial charge is 0.308 e. The molecule has 0 aromatic carbocycles. The number of likely N-dealkylation sites (tertiary alicyclic amines) is 1. The number of hydrogen-bond donors (Lipinski definition) is 2. The molecule has 37 heavy (non-hydrogen) atoms. The van der Waals surface area contributed by atoms with E-state index in [0.29, 0.717) is 25.9 Å². The van der Waals surface area contributed by atoms with Gasteiger partial charge in [-0.2, -0.15) is 13.2 Å². The van der Waals surface area contributed by atoms with E-state index < -0.39 is 18.9 Å². The maximum atomic E-state index is 15.0. The predicted molar refractivity (Wildman–Crippen MR) is 144 cm³/mol. The number of alkyl halides is 4. The van der Waals surface area contributed by atoms with Crippen molar-refractivity contribution in [3.63, 3.8) is 0 Å². The lowest BCUT2D eigenvalue weighted by atomic mass is 9.73. The van der Waals surface area contributed by atoms with Gasteiger partial charge in [-0.15, -0.1) is 0 Å². The van der Waals surface area contributed by atoms with Crippen molar-refractivity contribution in [3.05, 3.63) is 0 Å². The van der Waals surface area contributed by atoms with Crippen LogP contribution in [0.3, 0.4) is 0 Å². The van der Waals surface area contributed by atoms with Crippen molar-refractivity contribution in [1.29, 1.82) is 0 Å². The van der Waals surface area contributed by atoms with Gasteiger partial charge in [0.15, 0.2) is 0 Å². The Morgan fingerprint density at radius 3 is 2.05 bits per heavy atom. The van der Waals surface area contributed by atoms with Crippen LogP contribution in [-0.2, 0) is 0 Å². The summed E-state index contributed by atoms with van der Waals surface area (Å²) in [6.45, 7) is 11.2. The fourth-order valence-corrected chi connectivity index (χ4v) is 7.49. The van der Waals surface area contributed by atoms with E-state index in [-0.39, 0.29) is 47.2 Å². The van der Waals surface area contributed by atoms with E-state index in [9.17, 15) is 13.2 Å². The summed E-state index contributed by atoms with van der Waals surface area (Å²) in [5.41, 5.74) is -0.427. The molecule has 1 heterocycles. The second-order valence-electron chi connectivity index (χ2n) is 14.1. The fourth-order valence-electron chi connectivity index (χ4n) is 7.49. The average Bonchev–Trinajstić information content (AvgIpc) is 2.67. The van der Waals surface area contributed by atoms with E-state index >= 15 is 4.39 Å². The molecule has 5 nitrogen and oxygen atoms in total. The van der Waals surface area contributed by atoms with E-state index in [2.05, 4.69) is 69.1 Å². The zero-order valence-electron chi connectivity index (χ0n) is 24.5. The number of nitrogens with one attached hydrogen (secondary N) is 2. The minimum Gasteiger partial charge on any atom is -0.308 e. The Morgan fingerprint density at radius 1 is 0.892 bits per heavy atom. The van der Waals surface area contributed by atoms with Gasteiger partial charge in [0.1, 0.15) is 6.17 Å². The normalized spacial score (nSPS) is 33.2. The molecule has 2 aliphatic carbocycles. The highest BCUT2D eigenvalue weighted by atomic mass is 19.4. The number of rotatable bonds is 9. The lowest BCUT2D eigenvalue weighted by molar-refractivity contribution is -0.168. The van der Waals surface area contributed by atoms with Crippen molar-refractivity contribution >= 4 is 0 Å². The van der Waals surface area contributed by atoms with Gasteiger partial charge in [-0.3, -0.25) is 4.90 Å². The van der Waals surface area contributed by atoms with Gasteiger partial charge in [0, 0.05) is 54.4 Å². The second-order valence-corrected chi connectivity index (χ2v) is 14.1. The molecule has 6 atom stereocenters. The summed E-state index contributed by atoms with van der Waals surface area (Å²) in [5.74, 6) is 0.148. The summed E-state index contributed by atoms with van der Waals surface area (Å²) in [7, 11) is 6.12. The first kappa shape index (κ1) is 31.1. The zero-order valence-corrected chi connectivity index (χ0v) is 24.5. The van der Waals surface area contributed by atoms with E-state index in [4.69, 9.17) is 0 Å². The van der Waals surface area contributed by atoms with Crippen molar-refractivity contribution in [3.8, 4) is 0 Å². The molecule has 0 aromatic rings. The quantitative estimate of drug-likeness (QED) is 0.420. The van der Waals surface area contributed by atoms with Gasteiger partial charge in [-0.1, -0.05) is 12.8 Å². The molecule has 9 heteroatoms. The molecule has 0 amide bonds. The van der Waals surface area contributed by atoms with Crippen LogP contribution in [0.2, 0.25) is 0 Å². The fraction of sp³-hybridized carbons (Fsp3) is 1.00. The molecule has 3 rings (SSSR count). The molecular weight excluding hydrogens is 482 g/mol. The summed E-state index contributed by atoms with van der Waals surface area (Å²) >= 11 is 0. The van der Waals surface area contributed by atoms with Crippen LogP contribution in [-0.4, -0.2) is 109 Å². The summed E-state index contributed by atoms with van der Waals surface area (Å²) in [5, 5.41) is 7.50. The van der Waals surface area contributed by atoms with Gasteiger partial charge in [-0.05, 0) is 93.8 Å². The van der Waals surface area contributed by atoms with Crippen molar-refractivity contribution < 1.29 is 17.6 Å². The highest BCUT2D eigenvalue weighted by molar-refractivity contribution is 5.02. The largest absolute Gasteiger partial charge is 0.401 e. The second kappa shape index (κ2) is 11.9. The van der Waals surface area contributed by atoms with Crippen LogP contribution in [0.5, 0.6) is 0 Å². The highest BCUT2D eigenvalue weighted by Crippen LogP contribution is 2.37. The lowest BCUT2D eigenvalue weighted by Gasteiger charge is -2.52. The van der Waals surface area contributed by atoms with Crippen LogP contribution in [0.15, 0.2) is 0 Å². The molecule has 1 saturated heterocycles. The molecule has 2 unspecified atom stereocenters. The van der Waals surface area contributed by atoms with Crippen molar-refractivity contribution in [1.82, 2.24) is 25.3 Å². The Hall–Kier alpha value is -0.480. The van der Waals surface area contributed by atoms with Crippen molar-refractivity contribution in [2.45, 2.75) is 133 Å². The van der Waals surface area contributed by atoms with E-state index in [1.807, 2.05) is 7.05 Å². The minimum atomic E-state index is -4.21. The predicted octanol–water partition coefficient (Wildman–Crippen LogP) is 4.67. The van der Waals surface area contributed by atoms with Crippen LogP contribution in [0.4, 0.5) is 17.6 Å². The van der Waals surface area contributed by atoms with Crippen LogP contribution in [0.1, 0.15) is 79.6 Å². The van der Waals surface area contributed by atoms with Gasteiger partial charge in [-0.25, -0.2) is 4.39 Å². The monoisotopic (exact) mass is 535 g/mol. The molecule has 2 N–H and O–H groups in total. The molecule has 1 aliphatic heterocycles. The summed E-state index contributed by atoms with van der Waals surface area (Å²) in [6.07, 6.45) is 0.432. The van der Waals surface area contributed by atoms with Crippen LogP contribution >= 0.6 is 0 Å². The molecule has 218 valence electrons. The first-order chi connectivity index (χ1) is 16.9. The molecular formula is C28H53F4N5. The van der Waals surface area contributed by atoms with Crippen molar-refractivity contribution in [2.24, 2.45) is 5.92 Å². The van der Waals surface area contributed by atoms with Gasteiger partial charge in [0.05, 0.1) is 6.54 Å². The topological polar surface area (TPSA) is 33.8 Å². The van der Waals surface area contributed by atoms with Crippen LogP contribution in [0, 0.1) is 5.92 Å². The Morgan fingerprint density at radius 2 is 1.51 bits per heavy atom. The third kappa shape index (κ3) is 9.02. The van der Waals surface area contributed by atoms with Crippen LogP contribution in [0.25, 0.3) is 0 Å². The third-order valence-electron chi connectivity index (χ3n) is 8.56.